The van der Waals surface area contributed by atoms with Crippen molar-refractivity contribution < 1.29 is 4.74 Å². The number of likely N-dealkylation sites (N-methyl/N-ethyl adjacent to an activating group) is 1. The quantitative estimate of drug-likeness (QED) is 0.895. The molecule has 0 spiro atoms. The predicted octanol–water partition coefficient (Wildman–Crippen LogP) is 2.67. The van der Waals surface area contributed by atoms with Crippen LogP contribution < -0.4 is 5.32 Å². The Bertz CT molecular complexity index is 431. The van der Waals surface area contributed by atoms with Gasteiger partial charge in [0, 0.05) is 13.1 Å². The van der Waals surface area contributed by atoms with Gasteiger partial charge < -0.3 is 10.1 Å². The van der Waals surface area contributed by atoms with Crippen LogP contribution in [0.15, 0.2) is 18.2 Å². The molecule has 0 amide bonds. The van der Waals surface area contributed by atoms with Crippen molar-refractivity contribution in [2.45, 2.75) is 39.3 Å². The van der Waals surface area contributed by atoms with E-state index >= 15 is 0 Å². The molecule has 0 bridgehead atoms. The van der Waals surface area contributed by atoms with Gasteiger partial charge in [0.15, 0.2) is 0 Å². The summed E-state index contributed by atoms with van der Waals surface area (Å²) in [5.41, 5.74) is 4.02. The largest absolute Gasteiger partial charge is 0.374 e. The van der Waals surface area contributed by atoms with Gasteiger partial charge in [-0.15, -0.1) is 0 Å². The molecule has 112 valence electrons. The average molecular weight is 276 g/mol. The Morgan fingerprint density at radius 2 is 2.20 bits per heavy atom. The lowest BCUT2D eigenvalue weighted by molar-refractivity contribution is -0.0460. The third-order valence-electron chi connectivity index (χ3n) is 4.17. The Morgan fingerprint density at radius 3 is 2.90 bits per heavy atom. The first kappa shape index (κ1) is 15.5. The fraction of sp³-hybridized carbons (Fsp3) is 0.647. The topological polar surface area (TPSA) is 24.5 Å². The molecule has 2 unspecified atom stereocenters. The summed E-state index contributed by atoms with van der Waals surface area (Å²) in [5, 5.41) is 3.47. The van der Waals surface area contributed by atoms with Crippen LogP contribution in [0, 0.1) is 13.8 Å². The molecular formula is C17H28N2O. The first-order valence-corrected chi connectivity index (χ1v) is 7.74. The number of benzene rings is 1. The van der Waals surface area contributed by atoms with Gasteiger partial charge in [0.25, 0.3) is 0 Å². The predicted molar refractivity (Wildman–Crippen MR) is 84.2 cm³/mol. The Morgan fingerprint density at radius 1 is 1.40 bits per heavy atom. The molecule has 0 radical (unpaired) electrons. The summed E-state index contributed by atoms with van der Waals surface area (Å²) in [6.45, 7) is 10.7. The van der Waals surface area contributed by atoms with Gasteiger partial charge in [-0.1, -0.05) is 30.7 Å². The third kappa shape index (κ3) is 3.60. The van der Waals surface area contributed by atoms with Crippen molar-refractivity contribution >= 4 is 0 Å². The minimum Gasteiger partial charge on any atom is -0.374 e. The van der Waals surface area contributed by atoms with Crippen molar-refractivity contribution in [1.29, 1.82) is 0 Å². The van der Waals surface area contributed by atoms with Crippen LogP contribution in [0.1, 0.15) is 36.1 Å². The molecule has 1 saturated heterocycles. The highest BCUT2D eigenvalue weighted by atomic mass is 16.5. The summed E-state index contributed by atoms with van der Waals surface area (Å²) in [6, 6.07) is 6.95. The Labute approximate surface area is 123 Å². The Kier molecular flexibility index (Phi) is 5.58. The molecule has 0 aliphatic carbocycles. The second-order valence-electron chi connectivity index (χ2n) is 5.84. The van der Waals surface area contributed by atoms with E-state index in [0.29, 0.717) is 0 Å². The number of rotatable bonds is 5. The molecule has 2 atom stereocenters. The van der Waals surface area contributed by atoms with Gasteiger partial charge in [-0.05, 0) is 45.0 Å². The zero-order chi connectivity index (χ0) is 14.5. The molecule has 1 N–H and O–H groups in total. The maximum atomic E-state index is 6.05. The molecule has 1 aliphatic heterocycles. The molecule has 1 aromatic carbocycles. The molecule has 1 aromatic rings. The van der Waals surface area contributed by atoms with E-state index in [0.717, 1.165) is 19.7 Å². The summed E-state index contributed by atoms with van der Waals surface area (Å²) in [5.74, 6) is 0. The van der Waals surface area contributed by atoms with Crippen LogP contribution in [-0.2, 0) is 4.74 Å². The monoisotopic (exact) mass is 276 g/mol. The Hall–Kier alpha value is -0.900. The van der Waals surface area contributed by atoms with Crippen molar-refractivity contribution in [2.24, 2.45) is 0 Å². The van der Waals surface area contributed by atoms with E-state index in [-0.39, 0.29) is 12.1 Å². The van der Waals surface area contributed by atoms with E-state index in [4.69, 9.17) is 4.74 Å². The number of hydrogen-bond donors (Lipinski definition) is 1. The summed E-state index contributed by atoms with van der Waals surface area (Å²) in [4.78, 5) is 2.52. The van der Waals surface area contributed by atoms with E-state index in [2.05, 4.69) is 49.2 Å². The van der Waals surface area contributed by atoms with E-state index in [9.17, 15) is 0 Å². The highest BCUT2D eigenvalue weighted by Gasteiger charge is 2.28. The van der Waals surface area contributed by atoms with Crippen LogP contribution in [0.25, 0.3) is 0 Å². The van der Waals surface area contributed by atoms with Gasteiger partial charge in [0.2, 0.25) is 0 Å². The first-order chi connectivity index (χ1) is 9.65. The number of hydrogen-bond acceptors (Lipinski definition) is 3. The van der Waals surface area contributed by atoms with Crippen molar-refractivity contribution in [3.8, 4) is 0 Å². The highest BCUT2D eigenvalue weighted by Crippen LogP contribution is 2.26. The molecule has 0 saturated carbocycles. The molecular weight excluding hydrogens is 248 g/mol. The smallest absolute Gasteiger partial charge is 0.0896 e. The second kappa shape index (κ2) is 7.21. The summed E-state index contributed by atoms with van der Waals surface area (Å²) in [6.07, 6.45) is 1.45. The van der Waals surface area contributed by atoms with Gasteiger partial charge in [0.05, 0.1) is 18.8 Å². The molecule has 1 aliphatic rings. The van der Waals surface area contributed by atoms with Crippen LogP contribution in [0.2, 0.25) is 0 Å². The maximum absolute atomic E-state index is 6.05. The molecule has 1 heterocycles. The third-order valence-corrected chi connectivity index (χ3v) is 4.17. The van der Waals surface area contributed by atoms with Crippen molar-refractivity contribution in [3.63, 3.8) is 0 Å². The van der Waals surface area contributed by atoms with Crippen molar-refractivity contribution in [3.05, 3.63) is 34.9 Å². The van der Waals surface area contributed by atoms with Crippen molar-refractivity contribution in [2.75, 3.05) is 33.3 Å². The van der Waals surface area contributed by atoms with Crippen molar-refractivity contribution in [1.82, 2.24) is 10.2 Å². The van der Waals surface area contributed by atoms with Crippen LogP contribution in [0.5, 0.6) is 0 Å². The van der Waals surface area contributed by atoms with E-state index in [1.165, 1.54) is 29.7 Å². The minimum absolute atomic E-state index is 0.237. The van der Waals surface area contributed by atoms with Crippen LogP contribution in [-0.4, -0.2) is 44.3 Å². The molecule has 3 nitrogen and oxygen atoms in total. The lowest BCUT2D eigenvalue weighted by Gasteiger charge is -2.37. The zero-order valence-corrected chi connectivity index (χ0v) is 13.3. The number of ether oxygens (including phenoxy) is 1. The van der Waals surface area contributed by atoms with Gasteiger partial charge in [-0.3, -0.25) is 4.90 Å². The summed E-state index contributed by atoms with van der Waals surface area (Å²) < 4.78 is 6.05. The van der Waals surface area contributed by atoms with E-state index in [1.807, 2.05) is 7.05 Å². The summed E-state index contributed by atoms with van der Waals surface area (Å²) in [7, 11) is 2.04. The number of nitrogens with one attached hydrogen (secondary N) is 1. The average Bonchev–Trinajstić information content (AvgIpc) is 2.44. The normalized spacial score (nSPS) is 21.9. The van der Waals surface area contributed by atoms with Gasteiger partial charge in [-0.25, -0.2) is 0 Å². The molecule has 2 rings (SSSR count). The molecule has 20 heavy (non-hydrogen) atoms. The number of nitrogens with zero attached hydrogens (tertiary/aromatic N) is 1. The highest BCUT2D eigenvalue weighted by molar-refractivity contribution is 5.33. The molecule has 1 fully saturated rings. The Balaban J connectivity index is 2.16. The number of morpholine rings is 1. The van der Waals surface area contributed by atoms with Crippen LogP contribution in [0.4, 0.5) is 0 Å². The van der Waals surface area contributed by atoms with Gasteiger partial charge in [-0.2, -0.15) is 0 Å². The molecule has 3 heteroatoms. The standard InChI is InChI=1S/C17H28N2O/c1-5-8-19-9-10-20-16(12-19)17(18-4)15-11-13(2)6-7-14(15)3/h6-7,11,16-18H,5,8-10,12H2,1-4H3. The second-order valence-corrected chi connectivity index (χ2v) is 5.84. The SMILES string of the molecule is CCCN1CCOC(C(NC)c2cc(C)ccc2C)C1. The van der Waals surface area contributed by atoms with E-state index in [1.54, 1.807) is 0 Å². The molecule has 0 aromatic heterocycles. The first-order valence-electron chi connectivity index (χ1n) is 7.74. The van der Waals surface area contributed by atoms with E-state index < -0.39 is 0 Å². The zero-order valence-electron chi connectivity index (χ0n) is 13.3. The maximum Gasteiger partial charge on any atom is 0.0896 e. The van der Waals surface area contributed by atoms with Gasteiger partial charge in [0.1, 0.15) is 0 Å². The van der Waals surface area contributed by atoms with Crippen LogP contribution >= 0.6 is 0 Å². The number of aryl methyl sites for hydroxylation is 2. The van der Waals surface area contributed by atoms with Crippen LogP contribution in [0.3, 0.4) is 0 Å². The van der Waals surface area contributed by atoms with Gasteiger partial charge >= 0.3 is 0 Å². The summed E-state index contributed by atoms with van der Waals surface area (Å²) >= 11 is 0. The lowest BCUT2D eigenvalue weighted by atomic mass is 9.94. The minimum atomic E-state index is 0.237. The fourth-order valence-electron chi connectivity index (χ4n) is 3.09. The fourth-order valence-corrected chi connectivity index (χ4v) is 3.09. The lowest BCUT2D eigenvalue weighted by Crippen LogP contribution is -2.48.